The lowest BCUT2D eigenvalue weighted by atomic mass is 10.1. The van der Waals surface area contributed by atoms with Crippen molar-refractivity contribution in [2.24, 2.45) is 0 Å². The highest BCUT2D eigenvalue weighted by Crippen LogP contribution is 2.01. The van der Waals surface area contributed by atoms with Gasteiger partial charge in [0.1, 0.15) is 0 Å². The van der Waals surface area contributed by atoms with Crippen LogP contribution in [0.4, 0.5) is 0 Å². The second-order valence-electron chi connectivity index (χ2n) is 3.18. The molecule has 0 aromatic rings. The van der Waals surface area contributed by atoms with Gasteiger partial charge in [-0.25, -0.2) is 0 Å². The summed E-state index contributed by atoms with van der Waals surface area (Å²) in [7, 11) is 0. The summed E-state index contributed by atoms with van der Waals surface area (Å²) >= 11 is 0. The Hall–Kier alpha value is -0.830. The van der Waals surface area contributed by atoms with E-state index in [9.17, 15) is 4.79 Å². The zero-order valence-corrected chi connectivity index (χ0v) is 8.14. The molecule has 1 unspecified atom stereocenters. The number of nitrogens with one attached hydrogen (secondary N) is 1. The molecule has 70 valence electrons. The molecule has 0 aromatic heterocycles. The number of carbonyl (C=O) groups excluding carboxylic acids is 1. The molecule has 0 radical (unpaired) electrons. The maximum Gasteiger partial charge on any atom is 0.247 e. The number of rotatable bonds is 3. The molecular weight excluding hydrogens is 154 g/mol. The molecule has 0 saturated carbocycles. The quantitative estimate of drug-likeness (QED) is 0.618. The van der Waals surface area contributed by atoms with Gasteiger partial charge in [0, 0.05) is 11.6 Å². The minimum absolute atomic E-state index is 0.0260. The van der Waals surface area contributed by atoms with Gasteiger partial charge in [-0.3, -0.25) is 4.79 Å². The van der Waals surface area contributed by atoms with E-state index in [-0.39, 0.29) is 18.6 Å². The lowest BCUT2D eigenvalue weighted by Crippen LogP contribution is -2.35. The number of aliphatic hydroxyl groups is 1. The second-order valence-corrected chi connectivity index (χ2v) is 3.18. The van der Waals surface area contributed by atoms with Gasteiger partial charge in [-0.15, -0.1) is 0 Å². The number of hydrogen-bond donors (Lipinski definition) is 2. The third kappa shape index (κ3) is 3.53. The lowest BCUT2D eigenvalue weighted by molar-refractivity contribution is -0.118. The van der Waals surface area contributed by atoms with Crippen LogP contribution < -0.4 is 5.32 Å². The van der Waals surface area contributed by atoms with Crippen molar-refractivity contribution in [1.82, 2.24) is 5.32 Å². The number of carbonyl (C=O) groups is 1. The standard InChI is InChI=1S/C9H17NO2/c1-6(2)8(4)9(12)10-7(3)5-11/h7,11H,5H2,1-4H3,(H,10,12). The van der Waals surface area contributed by atoms with Crippen LogP contribution in [0, 0.1) is 0 Å². The van der Waals surface area contributed by atoms with Gasteiger partial charge < -0.3 is 10.4 Å². The Morgan fingerprint density at radius 3 is 2.25 bits per heavy atom. The molecule has 3 heteroatoms. The highest BCUT2D eigenvalue weighted by molar-refractivity contribution is 5.93. The molecule has 1 atom stereocenters. The number of allylic oxidation sites excluding steroid dienone is 1. The van der Waals surface area contributed by atoms with Crippen molar-refractivity contribution in [2.75, 3.05) is 6.61 Å². The molecule has 0 aromatic carbocycles. The van der Waals surface area contributed by atoms with Crippen LogP contribution in [0.25, 0.3) is 0 Å². The van der Waals surface area contributed by atoms with E-state index in [1.54, 1.807) is 13.8 Å². The molecule has 12 heavy (non-hydrogen) atoms. The van der Waals surface area contributed by atoms with E-state index in [1.165, 1.54) is 0 Å². The monoisotopic (exact) mass is 171 g/mol. The summed E-state index contributed by atoms with van der Waals surface area (Å²) in [6, 6.07) is -0.174. The summed E-state index contributed by atoms with van der Waals surface area (Å²) in [5.41, 5.74) is 1.72. The third-order valence-electron chi connectivity index (χ3n) is 1.74. The van der Waals surface area contributed by atoms with Crippen molar-refractivity contribution in [1.29, 1.82) is 0 Å². The fraction of sp³-hybridized carbons (Fsp3) is 0.667. The van der Waals surface area contributed by atoms with Crippen molar-refractivity contribution in [2.45, 2.75) is 33.7 Å². The minimum Gasteiger partial charge on any atom is -0.394 e. The smallest absolute Gasteiger partial charge is 0.247 e. The van der Waals surface area contributed by atoms with Gasteiger partial charge in [0.25, 0.3) is 0 Å². The first-order valence-electron chi connectivity index (χ1n) is 4.04. The Morgan fingerprint density at radius 2 is 1.92 bits per heavy atom. The average Bonchev–Trinajstić information content (AvgIpc) is 2.02. The second kappa shape index (κ2) is 4.93. The molecule has 1 amide bonds. The maximum atomic E-state index is 11.3. The van der Waals surface area contributed by atoms with Crippen LogP contribution in [-0.2, 0) is 4.79 Å². The summed E-state index contributed by atoms with van der Waals surface area (Å²) in [6.45, 7) is 7.28. The maximum absolute atomic E-state index is 11.3. The van der Waals surface area contributed by atoms with Crippen LogP contribution in [0.1, 0.15) is 27.7 Å². The Morgan fingerprint density at radius 1 is 1.42 bits per heavy atom. The van der Waals surface area contributed by atoms with Gasteiger partial charge >= 0.3 is 0 Å². The molecule has 0 aliphatic rings. The Balaban J connectivity index is 4.15. The molecule has 0 rings (SSSR count). The summed E-state index contributed by atoms with van der Waals surface area (Å²) < 4.78 is 0. The van der Waals surface area contributed by atoms with E-state index >= 15 is 0 Å². The Labute approximate surface area is 73.5 Å². The van der Waals surface area contributed by atoms with Crippen molar-refractivity contribution >= 4 is 5.91 Å². The predicted octanol–water partition coefficient (Wildman–Crippen LogP) is 0.840. The van der Waals surface area contributed by atoms with E-state index in [2.05, 4.69) is 5.32 Å². The Kier molecular flexibility index (Phi) is 4.59. The molecule has 0 heterocycles. The first-order chi connectivity index (χ1) is 5.49. The highest BCUT2D eigenvalue weighted by atomic mass is 16.3. The third-order valence-corrected chi connectivity index (χ3v) is 1.74. The van der Waals surface area contributed by atoms with Gasteiger partial charge in [-0.1, -0.05) is 5.57 Å². The van der Waals surface area contributed by atoms with Gasteiger partial charge in [0.2, 0.25) is 5.91 Å². The summed E-state index contributed by atoms with van der Waals surface area (Å²) in [4.78, 5) is 11.3. The van der Waals surface area contributed by atoms with Crippen LogP contribution >= 0.6 is 0 Å². The molecule has 2 N–H and O–H groups in total. The number of amides is 1. The molecule has 0 bridgehead atoms. The molecular formula is C9H17NO2. The van der Waals surface area contributed by atoms with Gasteiger partial charge in [-0.2, -0.15) is 0 Å². The van der Waals surface area contributed by atoms with E-state index in [1.807, 2.05) is 13.8 Å². The summed E-state index contributed by atoms with van der Waals surface area (Å²) in [6.07, 6.45) is 0. The van der Waals surface area contributed by atoms with E-state index in [0.717, 1.165) is 11.1 Å². The fourth-order valence-corrected chi connectivity index (χ4v) is 0.605. The van der Waals surface area contributed by atoms with E-state index < -0.39 is 0 Å². The van der Waals surface area contributed by atoms with Crippen LogP contribution in [-0.4, -0.2) is 23.7 Å². The van der Waals surface area contributed by atoms with Crippen LogP contribution in [0.2, 0.25) is 0 Å². The summed E-state index contributed by atoms with van der Waals surface area (Å²) in [5, 5.41) is 11.3. The summed E-state index contributed by atoms with van der Waals surface area (Å²) in [5.74, 6) is -0.100. The zero-order valence-electron chi connectivity index (χ0n) is 8.14. The largest absolute Gasteiger partial charge is 0.394 e. The molecule has 0 spiro atoms. The van der Waals surface area contributed by atoms with Crippen molar-refractivity contribution in [3.63, 3.8) is 0 Å². The van der Waals surface area contributed by atoms with Crippen LogP contribution in [0.5, 0.6) is 0 Å². The molecule has 0 fully saturated rings. The van der Waals surface area contributed by atoms with E-state index in [0.29, 0.717) is 0 Å². The van der Waals surface area contributed by atoms with Crippen molar-refractivity contribution in [3.8, 4) is 0 Å². The van der Waals surface area contributed by atoms with Crippen molar-refractivity contribution < 1.29 is 9.90 Å². The van der Waals surface area contributed by atoms with E-state index in [4.69, 9.17) is 5.11 Å². The first-order valence-corrected chi connectivity index (χ1v) is 4.04. The number of hydrogen-bond acceptors (Lipinski definition) is 2. The molecule has 3 nitrogen and oxygen atoms in total. The number of aliphatic hydroxyl groups excluding tert-OH is 1. The average molecular weight is 171 g/mol. The van der Waals surface area contributed by atoms with Gasteiger partial charge in [0.05, 0.1) is 6.61 Å². The zero-order chi connectivity index (χ0) is 9.72. The topological polar surface area (TPSA) is 49.3 Å². The highest BCUT2D eigenvalue weighted by Gasteiger charge is 2.08. The van der Waals surface area contributed by atoms with Gasteiger partial charge in [0.15, 0.2) is 0 Å². The molecule has 0 saturated heterocycles. The fourth-order valence-electron chi connectivity index (χ4n) is 0.605. The molecule has 0 aliphatic carbocycles. The molecule has 0 aliphatic heterocycles. The van der Waals surface area contributed by atoms with Gasteiger partial charge in [-0.05, 0) is 27.7 Å². The Bertz CT molecular complexity index is 193. The minimum atomic E-state index is -0.174. The van der Waals surface area contributed by atoms with Crippen LogP contribution in [0.15, 0.2) is 11.1 Å². The van der Waals surface area contributed by atoms with Crippen molar-refractivity contribution in [3.05, 3.63) is 11.1 Å². The normalized spacial score (nSPS) is 12.1. The SMILES string of the molecule is CC(C)=C(C)C(=O)NC(C)CO. The lowest BCUT2D eigenvalue weighted by Gasteiger charge is -2.11. The first kappa shape index (κ1) is 11.2. The predicted molar refractivity (Wildman–Crippen MR) is 48.7 cm³/mol. The van der Waals surface area contributed by atoms with Crippen LogP contribution in [0.3, 0.4) is 0 Å².